The summed E-state index contributed by atoms with van der Waals surface area (Å²) in [5.41, 5.74) is 2.28. The topological polar surface area (TPSA) is 74.3 Å². The number of carbonyl (C=O) groups is 2. The molecule has 3 heterocycles. The Balaban J connectivity index is 1.22. The number of hydrogen-bond acceptors (Lipinski definition) is 4. The van der Waals surface area contributed by atoms with Crippen LogP contribution in [0.2, 0.25) is 5.02 Å². The maximum Gasteiger partial charge on any atom is 0.253 e. The van der Waals surface area contributed by atoms with Gasteiger partial charge in [0.1, 0.15) is 11.2 Å². The Labute approximate surface area is 191 Å². The van der Waals surface area contributed by atoms with E-state index in [1.165, 1.54) is 18.3 Å². The highest BCUT2D eigenvalue weighted by atomic mass is 35.5. The minimum Gasteiger partial charge on any atom is -0.349 e. The van der Waals surface area contributed by atoms with Crippen LogP contribution < -0.4 is 15.5 Å². The first-order valence-electron chi connectivity index (χ1n) is 11.1. The monoisotopic (exact) mass is 456 g/mol. The van der Waals surface area contributed by atoms with Crippen molar-refractivity contribution in [2.45, 2.75) is 44.1 Å². The lowest BCUT2D eigenvalue weighted by Crippen LogP contribution is -2.62. The lowest BCUT2D eigenvalue weighted by atomic mass is 9.76. The fourth-order valence-electron chi connectivity index (χ4n) is 5.26. The van der Waals surface area contributed by atoms with E-state index in [1.807, 2.05) is 0 Å². The van der Waals surface area contributed by atoms with E-state index < -0.39 is 5.41 Å². The van der Waals surface area contributed by atoms with Gasteiger partial charge in [0, 0.05) is 31.9 Å². The molecule has 2 N–H and O–H groups in total. The van der Waals surface area contributed by atoms with Crippen LogP contribution in [-0.2, 0) is 10.2 Å². The first kappa shape index (κ1) is 21.3. The molecule has 2 fully saturated rings. The fourth-order valence-corrected chi connectivity index (χ4v) is 5.42. The summed E-state index contributed by atoms with van der Waals surface area (Å²) in [5.74, 6) is -0.0696. The number of anilines is 1. The molecule has 1 aromatic carbocycles. The Morgan fingerprint density at radius 3 is 2.72 bits per heavy atom. The number of aryl methyl sites for hydroxylation is 1. The normalized spacial score (nSPS) is 23.7. The molecule has 6 nitrogen and oxygen atoms in total. The molecule has 0 unspecified atom stereocenters. The molecular formula is C24H26ClFN4O2. The summed E-state index contributed by atoms with van der Waals surface area (Å²) in [7, 11) is 0. The zero-order valence-electron chi connectivity index (χ0n) is 18.0. The third-order valence-corrected chi connectivity index (χ3v) is 7.40. The molecule has 8 heteroatoms. The van der Waals surface area contributed by atoms with Crippen molar-refractivity contribution < 1.29 is 14.0 Å². The van der Waals surface area contributed by atoms with Gasteiger partial charge in [-0.05, 0) is 62.3 Å². The first-order valence-corrected chi connectivity index (χ1v) is 11.5. The number of nitrogens with one attached hydrogen (secondary N) is 2. The summed E-state index contributed by atoms with van der Waals surface area (Å²) in [4.78, 5) is 31.9. The van der Waals surface area contributed by atoms with Crippen molar-refractivity contribution in [3.63, 3.8) is 0 Å². The summed E-state index contributed by atoms with van der Waals surface area (Å²) in [5, 5.41) is 6.75. The number of benzene rings is 1. The van der Waals surface area contributed by atoms with E-state index in [4.69, 9.17) is 11.6 Å². The molecule has 1 spiro atoms. The van der Waals surface area contributed by atoms with Gasteiger partial charge in [-0.25, -0.2) is 4.39 Å². The quantitative estimate of drug-likeness (QED) is 0.739. The van der Waals surface area contributed by atoms with Crippen LogP contribution in [0.4, 0.5) is 10.1 Å². The zero-order chi connectivity index (χ0) is 22.5. The molecule has 0 atom stereocenters. The predicted octanol–water partition coefficient (Wildman–Crippen LogP) is 3.36. The third-order valence-electron chi connectivity index (χ3n) is 7.20. The summed E-state index contributed by atoms with van der Waals surface area (Å²) >= 11 is 5.99. The molecular weight excluding hydrogens is 431 g/mol. The van der Waals surface area contributed by atoms with Gasteiger partial charge in [0.2, 0.25) is 5.91 Å². The number of halogens is 2. The second-order valence-corrected chi connectivity index (χ2v) is 9.68. The van der Waals surface area contributed by atoms with Crippen molar-refractivity contribution in [2.24, 2.45) is 5.92 Å². The van der Waals surface area contributed by atoms with Gasteiger partial charge >= 0.3 is 0 Å². The van der Waals surface area contributed by atoms with Crippen molar-refractivity contribution in [3.05, 3.63) is 58.1 Å². The number of nitrogens with zero attached hydrogens (tertiary/aromatic N) is 2. The van der Waals surface area contributed by atoms with Gasteiger partial charge in [0.15, 0.2) is 0 Å². The molecule has 2 aromatic rings. The number of amides is 2. The molecule has 1 aromatic heterocycles. The highest BCUT2D eigenvalue weighted by Gasteiger charge is 2.55. The van der Waals surface area contributed by atoms with Gasteiger partial charge in [0.25, 0.3) is 5.91 Å². The number of hydrogen-bond donors (Lipinski definition) is 2. The first-order chi connectivity index (χ1) is 15.4. The Morgan fingerprint density at radius 1 is 1.28 bits per heavy atom. The summed E-state index contributed by atoms with van der Waals surface area (Å²) in [6.07, 6.45) is 5.02. The lowest BCUT2D eigenvalue weighted by Gasteiger charge is -2.38. The summed E-state index contributed by atoms with van der Waals surface area (Å²) in [6.45, 7) is 3.60. The second-order valence-electron chi connectivity index (χ2n) is 9.24. The molecule has 2 aliphatic heterocycles. The number of fused-ring (bicyclic) bond motifs is 2. The van der Waals surface area contributed by atoms with E-state index in [2.05, 4.69) is 15.6 Å². The van der Waals surface area contributed by atoms with Crippen molar-refractivity contribution >= 4 is 29.1 Å². The Bertz CT molecular complexity index is 1080. The maximum atomic E-state index is 14.0. The van der Waals surface area contributed by atoms with E-state index in [0.29, 0.717) is 41.8 Å². The molecule has 0 radical (unpaired) electrons. The van der Waals surface area contributed by atoms with Crippen LogP contribution in [0.1, 0.15) is 47.3 Å². The van der Waals surface area contributed by atoms with E-state index in [1.54, 1.807) is 24.0 Å². The Morgan fingerprint density at radius 2 is 2.03 bits per heavy atom. The fraction of sp³-hybridized carbons (Fsp3) is 0.458. The average molecular weight is 457 g/mol. The molecule has 1 saturated heterocycles. The van der Waals surface area contributed by atoms with Crippen molar-refractivity contribution in [1.82, 2.24) is 15.6 Å². The van der Waals surface area contributed by atoms with E-state index in [0.717, 1.165) is 36.9 Å². The Kier molecular flexibility index (Phi) is 5.42. The number of aromatic nitrogens is 1. The average Bonchev–Trinajstić information content (AvgIpc) is 2.98. The number of pyridine rings is 1. The van der Waals surface area contributed by atoms with Crippen molar-refractivity contribution in [2.75, 3.05) is 24.5 Å². The lowest BCUT2D eigenvalue weighted by molar-refractivity contribution is -0.125. The van der Waals surface area contributed by atoms with Gasteiger partial charge in [-0.1, -0.05) is 17.7 Å². The van der Waals surface area contributed by atoms with Crippen molar-refractivity contribution in [3.8, 4) is 0 Å². The molecule has 1 aliphatic carbocycles. The minimum absolute atomic E-state index is 0.0798. The highest BCUT2D eigenvalue weighted by Crippen LogP contribution is 2.45. The van der Waals surface area contributed by atoms with Gasteiger partial charge < -0.3 is 15.5 Å². The molecule has 32 heavy (non-hydrogen) atoms. The number of carbonyl (C=O) groups excluding carboxylic acids is 2. The van der Waals surface area contributed by atoms with Crippen LogP contribution in [0.15, 0.2) is 30.5 Å². The molecule has 5 rings (SSSR count). The molecule has 0 bridgehead atoms. The van der Waals surface area contributed by atoms with E-state index in [-0.39, 0.29) is 23.7 Å². The molecule has 3 aliphatic rings. The highest BCUT2D eigenvalue weighted by molar-refractivity contribution is 6.30. The van der Waals surface area contributed by atoms with Gasteiger partial charge in [-0.2, -0.15) is 0 Å². The van der Waals surface area contributed by atoms with Crippen LogP contribution in [0.25, 0.3) is 0 Å². The van der Waals surface area contributed by atoms with E-state index >= 15 is 0 Å². The van der Waals surface area contributed by atoms with Crippen molar-refractivity contribution in [1.29, 1.82) is 0 Å². The number of rotatable bonds is 4. The van der Waals surface area contributed by atoms with Crippen LogP contribution in [-0.4, -0.2) is 42.5 Å². The van der Waals surface area contributed by atoms with E-state index in [9.17, 15) is 14.0 Å². The smallest absolute Gasteiger partial charge is 0.253 e. The van der Waals surface area contributed by atoms with Gasteiger partial charge in [-0.15, -0.1) is 0 Å². The SMILES string of the molecule is Cc1ncc(Cl)cc1C(=O)N[C@H]1CC[C@H](CN2C(=O)C3(CNC3)c3ccc(F)cc32)CC1. The zero-order valence-corrected chi connectivity index (χ0v) is 18.7. The molecule has 1 saturated carbocycles. The van der Waals surface area contributed by atoms with Crippen LogP contribution >= 0.6 is 11.6 Å². The largest absolute Gasteiger partial charge is 0.349 e. The molecule has 168 valence electrons. The third kappa shape index (κ3) is 3.57. The molecule has 2 amide bonds. The van der Waals surface area contributed by atoms with Crippen LogP contribution in [0, 0.1) is 18.7 Å². The second kappa shape index (κ2) is 8.12. The van der Waals surface area contributed by atoms with Crippen LogP contribution in [0.3, 0.4) is 0 Å². The summed E-state index contributed by atoms with van der Waals surface area (Å²) < 4.78 is 14.0. The maximum absolute atomic E-state index is 14.0. The standard InChI is InChI=1S/C24H26ClFN4O2/c1-14-19(8-16(25)10-28-14)22(31)29-18-5-2-15(3-6-18)11-30-21-9-17(26)4-7-20(21)24(23(30)32)12-27-13-24/h4,7-10,15,18,27H,2-3,5-6,11-13H2,1H3,(H,29,31)/t15-,18-. The van der Waals surface area contributed by atoms with Gasteiger partial charge in [-0.3, -0.25) is 14.6 Å². The van der Waals surface area contributed by atoms with Gasteiger partial charge in [0.05, 0.1) is 22.0 Å². The minimum atomic E-state index is -0.531. The van der Waals surface area contributed by atoms with Crippen LogP contribution in [0.5, 0.6) is 0 Å². The summed E-state index contributed by atoms with van der Waals surface area (Å²) in [6, 6.07) is 6.43. The predicted molar refractivity (Wildman–Crippen MR) is 120 cm³/mol. The Hall–Kier alpha value is -2.51.